The van der Waals surface area contributed by atoms with Crippen LogP contribution in [0.5, 0.6) is 0 Å². The zero-order valence-corrected chi connectivity index (χ0v) is 20.2. The van der Waals surface area contributed by atoms with E-state index >= 15 is 0 Å². The number of aliphatic imine (C=N–C) groups is 1. The number of piperazine rings is 1. The van der Waals surface area contributed by atoms with Gasteiger partial charge in [-0.2, -0.15) is 24.9 Å². The zero-order chi connectivity index (χ0) is 19.9. The highest BCUT2D eigenvalue weighted by atomic mass is 127. The average Bonchev–Trinajstić information content (AvgIpc) is 2.65. The molecule has 2 heterocycles. The summed E-state index contributed by atoms with van der Waals surface area (Å²) in [6.07, 6.45) is -2.19. The fourth-order valence-corrected chi connectivity index (χ4v) is 4.79. The van der Waals surface area contributed by atoms with Crippen LogP contribution in [0.4, 0.5) is 13.2 Å². The number of nitrogens with one attached hydrogen (secondary N) is 1. The Labute approximate surface area is 188 Å². The molecule has 0 amide bonds. The topological polar surface area (TPSA) is 40.1 Å². The van der Waals surface area contributed by atoms with Crippen molar-refractivity contribution in [1.29, 1.82) is 0 Å². The molecule has 0 aromatic rings. The van der Waals surface area contributed by atoms with Crippen molar-refractivity contribution in [2.24, 2.45) is 4.99 Å². The molecule has 0 aromatic carbocycles. The van der Waals surface area contributed by atoms with E-state index < -0.39 is 12.2 Å². The highest BCUT2D eigenvalue weighted by molar-refractivity contribution is 14.0. The van der Waals surface area contributed by atoms with Gasteiger partial charge in [-0.1, -0.05) is 6.92 Å². The fraction of sp³-hybridized carbons (Fsp3) is 0.944. The second-order valence-corrected chi connectivity index (χ2v) is 8.87. The smallest absolute Gasteiger partial charge is 0.381 e. The van der Waals surface area contributed by atoms with Crippen LogP contribution in [0.25, 0.3) is 0 Å². The van der Waals surface area contributed by atoms with Crippen LogP contribution < -0.4 is 5.32 Å². The summed E-state index contributed by atoms with van der Waals surface area (Å²) in [5.74, 6) is 1.86. The Morgan fingerprint density at radius 2 is 1.79 bits per heavy atom. The van der Waals surface area contributed by atoms with Crippen molar-refractivity contribution in [1.82, 2.24) is 15.1 Å². The van der Waals surface area contributed by atoms with Crippen molar-refractivity contribution in [3.63, 3.8) is 0 Å². The predicted octanol–water partition coefficient (Wildman–Crippen LogP) is 3.44. The summed E-state index contributed by atoms with van der Waals surface area (Å²) < 4.78 is 44.5. The van der Waals surface area contributed by atoms with Crippen LogP contribution in [-0.2, 0) is 4.74 Å². The van der Waals surface area contributed by atoms with Gasteiger partial charge in [0.05, 0.1) is 6.54 Å². The molecule has 1 N–H and O–H groups in total. The Hall–Kier alpha value is 0.0600. The van der Waals surface area contributed by atoms with Gasteiger partial charge in [0.15, 0.2) is 5.96 Å². The lowest BCUT2D eigenvalue weighted by molar-refractivity contribution is -0.181. The number of nitrogens with zero attached hydrogens (tertiary/aromatic N) is 3. The average molecular weight is 538 g/mol. The first kappa shape index (κ1) is 26.1. The largest absolute Gasteiger partial charge is 0.403 e. The van der Waals surface area contributed by atoms with Gasteiger partial charge >= 0.3 is 6.18 Å². The summed E-state index contributed by atoms with van der Waals surface area (Å²) in [7, 11) is 0. The van der Waals surface area contributed by atoms with Gasteiger partial charge in [-0.3, -0.25) is 9.89 Å². The predicted molar refractivity (Wildman–Crippen MR) is 121 cm³/mol. The maximum Gasteiger partial charge on any atom is 0.403 e. The van der Waals surface area contributed by atoms with Gasteiger partial charge in [-0.05, 0) is 32.4 Å². The van der Waals surface area contributed by atoms with Gasteiger partial charge in [-0.15, -0.1) is 24.0 Å². The van der Waals surface area contributed by atoms with Crippen LogP contribution >= 0.6 is 35.7 Å². The first-order valence-corrected chi connectivity index (χ1v) is 10.9. The van der Waals surface area contributed by atoms with E-state index in [1.165, 1.54) is 11.8 Å². The van der Waals surface area contributed by atoms with Crippen molar-refractivity contribution < 1.29 is 17.9 Å². The highest BCUT2D eigenvalue weighted by Gasteiger charge is 2.41. The zero-order valence-electron chi connectivity index (χ0n) is 17.1. The van der Waals surface area contributed by atoms with Gasteiger partial charge in [0.25, 0.3) is 0 Å². The third-order valence-corrected chi connectivity index (χ3v) is 6.78. The molecule has 1 unspecified atom stereocenters. The lowest BCUT2D eigenvalue weighted by Crippen LogP contribution is -2.57. The Morgan fingerprint density at radius 3 is 2.29 bits per heavy atom. The molecular formula is C18H34F3IN4OS. The molecule has 2 saturated heterocycles. The molecule has 166 valence electrons. The molecule has 0 aromatic heterocycles. The quantitative estimate of drug-likeness (QED) is 0.319. The summed E-state index contributed by atoms with van der Waals surface area (Å²) in [4.78, 5) is 8.48. The molecule has 0 radical (unpaired) electrons. The number of rotatable bonds is 6. The first-order chi connectivity index (χ1) is 12.8. The minimum absolute atomic E-state index is 0. The van der Waals surface area contributed by atoms with Crippen LogP contribution in [0.1, 0.15) is 33.6 Å². The fourth-order valence-electron chi connectivity index (χ4n) is 3.57. The number of ether oxygens (including phenoxy) is 1. The van der Waals surface area contributed by atoms with E-state index in [0.717, 1.165) is 50.9 Å². The Kier molecular flexibility index (Phi) is 11.2. The Balaban J connectivity index is 0.00000392. The van der Waals surface area contributed by atoms with Gasteiger partial charge < -0.3 is 15.0 Å². The molecule has 2 fully saturated rings. The van der Waals surface area contributed by atoms with E-state index in [0.29, 0.717) is 26.2 Å². The van der Waals surface area contributed by atoms with Crippen LogP contribution in [0.15, 0.2) is 4.99 Å². The molecule has 2 rings (SSSR count). The van der Waals surface area contributed by atoms with Crippen LogP contribution in [0.3, 0.4) is 0 Å². The molecule has 0 spiro atoms. The molecule has 0 aliphatic carbocycles. The minimum Gasteiger partial charge on any atom is -0.381 e. The molecule has 28 heavy (non-hydrogen) atoms. The second kappa shape index (κ2) is 12.0. The maximum absolute atomic E-state index is 12.9. The third-order valence-electron chi connectivity index (χ3n) is 5.34. The summed E-state index contributed by atoms with van der Waals surface area (Å²) in [6.45, 7) is 10.3. The van der Waals surface area contributed by atoms with E-state index in [1.54, 1.807) is 0 Å². The Bertz CT molecular complexity index is 476. The van der Waals surface area contributed by atoms with Crippen molar-refractivity contribution in [3.8, 4) is 0 Å². The summed E-state index contributed by atoms with van der Waals surface area (Å²) in [5, 5.41) is 3.32. The van der Waals surface area contributed by atoms with Gasteiger partial charge in [0, 0.05) is 50.7 Å². The van der Waals surface area contributed by atoms with Crippen LogP contribution in [-0.4, -0.2) is 91.0 Å². The molecule has 1 atom stereocenters. The molecule has 0 saturated carbocycles. The monoisotopic (exact) mass is 538 g/mol. The highest BCUT2D eigenvalue weighted by Crippen LogP contribution is 2.35. The van der Waals surface area contributed by atoms with E-state index in [9.17, 15) is 13.2 Å². The number of halogens is 4. The van der Waals surface area contributed by atoms with Crippen molar-refractivity contribution in [2.75, 3.05) is 58.2 Å². The summed E-state index contributed by atoms with van der Waals surface area (Å²) in [6, 6.07) is -1.40. The van der Waals surface area contributed by atoms with Crippen molar-refractivity contribution >= 4 is 41.7 Å². The van der Waals surface area contributed by atoms with Crippen molar-refractivity contribution in [2.45, 2.75) is 50.6 Å². The standard InChI is InChI=1S/C18H33F3N4OS.HI/c1-4-22-16(23-14-17(27-5-2)6-12-26-13-7-17)25-10-8-24(9-11-25)15(3)18(19,20)21;/h15H,4-14H2,1-3H3,(H,22,23);1H. The van der Waals surface area contributed by atoms with E-state index in [4.69, 9.17) is 9.73 Å². The molecule has 10 heteroatoms. The minimum atomic E-state index is -4.17. The molecular weight excluding hydrogens is 504 g/mol. The SMILES string of the molecule is CCNC(=NCC1(SCC)CCOCC1)N1CCN(C(C)C(F)(F)F)CC1.I. The van der Waals surface area contributed by atoms with Gasteiger partial charge in [0.2, 0.25) is 0 Å². The number of hydrogen-bond acceptors (Lipinski definition) is 4. The van der Waals surface area contributed by atoms with E-state index in [2.05, 4.69) is 17.1 Å². The molecule has 2 aliphatic rings. The van der Waals surface area contributed by atoms with Crippen LogP contribution in [0.2, 0.25) is 0 Å². The lowest BCUT2D eigenvalue weighted by atomic mass is 9.99. The number of hydrogen-bond donors (Lipinski definition) is 1. The Morgan fingerprint density at radius 1 is 1.18 bits per heavy atom. The molecule has 2 aliphatic heterocycles. The second-order valence-electron chi connectivity index (χ2n) is 7.14. The van der Waals surface area contributed by atoms with Crippen LogP contribution in [0, 0.1) is 0 Å². The number of thioether (sulfide) groups is 1. The normalized spacial score (nSPS) is 22.5. The van der Waals surface area contributed by atoms with Crippen molar-refractivity contribution in [3.05, 3.63) is 0 Å². The number of guanidine groups is 1. The lowest BCUT2D eigenvalue weighted by Gasteiger charge is -2.40. The maximum atomic E-state index is 12.9. The first-order valence-electron chi connectivity index (χ1n) is 9.87. The summed E-state index contributed by atoms with van der Waals surface area (Å²) >= 11 is 1.95. The number of alkyl halides is 3. The van der Waals surface area contributed by atoms with E-state index in [1.807, 2.05) is 18.7 Å². The summed E-state index contributed by atoms with van der Waals surface area (Å²) in [5.41, 5.74) is 0. The molecule has 5 nitrogen and oxygen atoms in total. The van der Waals surface area contributed by atoms with E-state index in [-0.39, 0.29) is 28.7 Å². The third kappa shape index (κ3) is 7.39. The molecule has 0 bridgehead atoms. The van der Waals surface area contributed by atoms with Gasteiger partial charge in [-0.25, -0.2) is 0 Å². The van der Waals surface area contributed by atoms with Gasteiger partial charge in [0.1, 0.15) is 6.04 Å².